The lowest BCUT2D eigenvalue weighted by Crippen LogP contribution is -2.21. The van der Waals surface area contributed by atoms with Crippen LogP contribution in [-0.2, 0) is 4.79 Å². The van der Waals surface area contributed by atoms with E-state index < -0.39 is 11.7 Å². The van der Waals surface area contributed by atoms with Crippen molar-refractivity contribution in [1.29, 1.82) is 0 Å². The van der Waals surface area contributed by atoms with Gasteiger partial charge in [0, 0.05) is 11.8 Å². The zero-order valence-electron chi connectivity index (χ0n) is 9.29. The van der Waals surface area contributed by atoms with Crippen molar-refractivity contribution >= 4 is 11.6 Å². The van der Waals surface area contributed by atoms with E-state index in [1.165, 1.54) is 12.1 Å². The highest BCUT2D eigenvalue weighted by atomic mass is 19.1. The van der Waals surface area contributed by atoms with Crippen LogP contribution in [0.5, 0.6) is 5.75 Å². The van der Waals surface area contributed by atoms with Gasteiger partial charge in [-0.1, -0.05) is 0 Å². The molecule has 0 radical (unpaired) electrons. The van der Waals surface area contributed by atoms with Gasteiger partial charge >= 0.3 is 0 Å². The number of benzene rings is 1. The SMILES string of the molecule is CC(C)Oc1ccc(NCC(N)=O)cc1F. The average Bonchev–Trinajstić information content (AvgIpc) is 2.18. The Labute approximate surface area is 93.6 Å². The van der Waals surface area contributed by atoms with E-state index in [0.29, 0.717) is 5.69 Å². The molecule has 0 heterocycles. The molecule has 0 aliphatic carbocycles. The molecule has 1 amide bonds. The summed E-state index contributed by atoms with van der Waals surface area (Å²) in [5.74, 6) is -0.772. The highest BCUT2D eigenvalue weighted by Gasteiger charge is 2.06. The van der Waals surface area contributed by atoms with Crippen LogP contribution in [0.2, 0.25) is 0 Å². The number of hydrogen-bond donors (Lipinski definition) is 2. The quantitative estimate of drug-likeness (QED) is 0.799. The van der Waals surface area contributed by atoms with Gasteiger partial charge < -0.3 is 15.8 Å². The van der Waals surface area contributed by atoms with Crippen LogP contribution in [0.25, 0.3) is 0 Å². The fourth-order valence-corrected chi connectivity index (χ4v) is 1.15. The largest absolute Gasteiger partial charge is 0.488 e. The van der Waals surface area contributed by atoms with Gasteiger partial charge in [-0.25, -0.2) is 4.39 Å². The molecule has 0 unspecified atom stereocenters. The molecule has 0 saturated heterocycles. The molecular formula is C11H15FN2O2. The van der Waals surface area contributed by atoms with E-state index in [2.05, 4.69) is 5.32 Å². The molecule has 0 aliphatic rings. The molecule has 16 heavy (non-hydrogen) atoms. The van der Waals surface area contributed by atoms with Crippen LogP contribution < -0.4 is 15.8 Å². The molecule has 0 fully saturated rings. The van der Waals surface area contributed by atoms with Crippen LogP contribution in [0.1, 0.15) is 13.8 Å². The first kappa shape index (κ1) is 12.3. The summed E-state index contributed by atoms with van der Waals surface area (Å²) in [6.45, 7) is 3.61. The molecule has 0 bridgehead atoms. The number of nitrogens with one attached hydrogen (secondary N) is 1. The number of amides is 1. The van der Waals surface area contributed by atoms with E-state index in [4.69, 9.17) is 10.5 Å². The van der Waals surface area contributed by atoms with Gasteiger partial charge in [0.15, 0.2) is 11.6 Å². The second-order valence-corrected chi connectivity index (χ2v) is 3.63. The van der Waals surface area contributed by atoms with Crippen molar-refractivity contribution in [3.8, 4) is 5.75 Å². The Hall–Kier alpha value is -1.78. The van der Waals surface area contributed by atoms with Crippen LogP contribution >= 0.6 is 0 Å². The second-order valence-electron chi connectivity index (χ2n) is 3.63. The number of anilines is 1. The van der Waals surface area contributed by atoms with Crippen molar-refractivity contribution in [2.45, 2.75) is 20.0 Å². The zero-order valence-corrected chi connectivity index (χ0v) is 9.29. The van der Waals surface area contributed by atoms with Gasteiger partial charge in [0.25, 0.3) is 0 Å². The number of carbonyl (C=O) groups is 1. The summed E-state index contributed by atoms with van der Waals surface area (Å²) in [6, 6.07) is 4.41. The average molecular weight is 226 g/mol. The van der Waals surface area contributed by atoms with Gasteiger partial charge in [0.05, 0.1) is 12.6 Å². The summed E-state index contributed by atoms with van der Waals surface area (Å²) in [4.78, 5) is 10.5. The first-order chi connectivity index (χ1) is 7.49. The summed E-state index contributed by atoms with van der Waals surface area (Å²) < 4.78 is 18.7. The summed E-state index contributed by atoms with van der Waals surface area (Å²) in [5, 5.41) is 2.70. The Morgan fingerprint density at radius 1 is 1.56 bits per heavy atom. The van der Waals surface area contributed by atoms with Gasteiger partial charge in [0.1, 0.15) is 0 Å². The molecule has 4 nitrogen and oxygen atoms in total. The minimum atomic E-state index is -0.497. The fraction of sp³-hybridized carbons (Fsp3) is 0.364. The summed E-state index contributed by atoms with van der Waals surface area (Å²) in [7, 11) is 0. The molecule has 1 aromatic rings. The van der Waals surface area contributed by atoms with Crippen molar-refractivity contribution in [2.24, 2.45) is 5.73 Å². The standard InChI is InChI=1S/C11H15FN2O2/c1-7(2)16-10-4-3-8(5-9(10)12)14-6-11(13)15/h3-5,7,14H,6H2,1-2H3,(H2,13,15). The molecule has 88 valence electrons. The summed E-state index contributed by atoms with van der Waals surface area (Å²) in [6.07, 6.45) is -0.0843. The van der Waals surface area contributed by atoms with E-state index >= 15 is 0 Å². The number of hydrogen-bond acceptors (Lipinski definition) is 3. The molecule has 1 aromatic carbocycles. The number of primary amides is 1. The van der Waals surface area contributed by atoms with Gasteiger partial charge in [-0.15, -0.1) is 0 Å². The first-order valence-corrected chi connectivity index (χ1v) is 4.97. The van der Waals surface area contributed by atoms with Crippen molar-refractivity contribution in [3.05, 3.63) is 24.0 Å². The summed E-state index contributed by atoms with van der Waals surface area (Å²) >= 11 is 0. The molecule has 5 heteroatoms. The molecule has 0 aromatic heterocycles. The lowest BCUT2D eigenvalue weighted by atomic mass is 10.3. The van der Waals surface area contributed by atoms with E-state index in [1.54, 1.807) is 6.07 Å². The van der Waals surface area contributed by atoms with Crippen molar-refractivity contribution < 1.29 is 13.9 Å². The predicted molar refractivity (Wildman–Crippen MR) is 59.8 cm³/mol. The minimum absolute atomic E-state index is 0.0240. The topological polar surface area (TPSA) is 64.3 Å². The Bertz CT molecular complexity index is 380. The highest BCUT2D eigenvalue weighted by Crippen LogP contribution is 2.21. The molecule has 0 aliphatic heterocycles. The predicted octanol–water partition coefficient (Wildman–Crippen LogP) is 1.51. The van der Waals surface area contributed by atoms with E-state index in [9.17, 15) is 9.18 Å². The highest BCUT2D eigenvalue weighted by molar-refractivity contribution is 5.78. The van der Waals surface area contributed by atoms with Crippen LogP contribution in [0.15, 0.2) is 18.2 Å². The number of carbonyl (C=O) groups excluding carboxylic acids is 1. The molecule has 0 spiro atoms. The Balaban J connectivity index is 2.70. The monoisotopic (exact) mass is 226 g/mol. The Morgan fingerprint density at radius 2 is 2.25 bits per heavy atom. The minimum Gasteiger partial charge on any atom is -0.488 e. The maximum Gasteiger partial charge on any atom is 0.236 e. The molecule has 0 saturated carbocycles. The Morgan fingerprint density at radius 3 is 2.75 bits per heavy atom. The molecular weight excluding hydrogens is 211 g/mol. The van der Waals surface area contributed by atoms with Crippen molar-refractivity contribution in [3.63, 3.8) is 0 Å². The van der Waals surface area contributed by atoms with Gasteiger partial charge in [-0.2, -0.15) is 0 Å². The second kappa shape index (κ2) is 5.34. The number of rotatable bonds is 5. The van der Waals surface area contributed by atoms with E-state index in [1.807, 2.05) is 13.8 Å². The third kappa shape index (κ3) is 3.76. The van der Waals surface area contributed by atoms with Gasteiger partial charge in [-0.05, 0) is 26.0 Å². The lowest BCUT2D eigenvalue weighted by Gasteiger charge is -2.11. The third-order valence-electron chi connectivity index (χ3n) is 1.76. The molecule has 1 rings (SSSR count). The first-order valence-electron chi connectivity index (χ1n) is 4.97. The van der Waals surface area contributed by atoms with Crippen LogP contribution in [-0.4, -0.2) is 18.6 Å². The van der Waals surface area contributed by atoms with Gasteiger partial charge in [0.2, 0.25) is 5.91 Å². The zero-order chi connectivity index (χ0) is 12.1. The lowest BCUT2D eigenvalue weighted by molar-refractivity contribution is -0.116. The number of halogens is 1. The molecule has 3 N–H and O–H groups in total. The van der Waals surface area contributed by atoms with Crippen LogP contribution in [0.3, 0.4) is 0 Å². The van der Waals surface area contributed by atoms with Crippen molar-refractivity contribution in [1.82, 2.24) is 0 Å². The van der Waals surface area contributed by atoms with Gasteiger partial charge in [-0.3, -0.25) is 4.79 Å². The Kier molecular flexibility index (Phi) is 4.10. The van der Waals surface area contributed by atoms with E-state index in [0.717, 1.165) is 0 Å². The van der Waals surface area contributed by atoms with E-state index in [-0.39, 0.29) is 18.4 Å². The maximum absolute atomic E-state index is 13.5. The maximum atomic E-state index is 13.5. The number of ether oxygens (including phenoxy) is 1. The summed E-state index contributed by atoms with van der Waals surface area (Å²) in [5.41, 5.74) is 5.45. The number of nitrogens with two attached hydrogens (primary N) is 1. The van der Waals surface area contributed by atoms with Crippen LogP contribution in [0.4, 0.5) is 10.1 Å². The molecule has 0 atom stereocenters. The fourth-order valence-electron chi connectivity index (χ4n) is 1.15. The van der Waals surface area contributed by atoms with Crippen LogP contribution in [0, 0.1) is 5.82 Å². The normalized spacial score (nSPS) is 10.2. The third-order valence-corrected chi connectivity index (χ3v) is 1.76. The van der Waals surface area contributed by atoms with Crippen molar-refractivity contribution in [2.75, 3.05) is 11.9 Å². The smallest absolute Gasteiger partial charge is 0.236 e.